The molecular weight excluding hydrogens is 312 g/mol. The number of carbonyl (C=O) groups is 2. The van der Waals surface area contributed by atoms with Gasteiger partial charge in [-0.3, -0.25) is 9.59 Å². The van der Waals surface area contributed by atoms with Crippen molar-refractivity contribution >= 4 is 29.1 Å². The first kappa shape index (κ1) is 17.8. The second-order valence-electron chi connectivity index (χ2n) is 6.31. The van der Waals surface area contributed by atoms with Crippen LogP contribution in [0.15, 0.2) is 12.1 Å². The van der Waals surface area contributed by atoms with Crippen molar-refractivity contribution in [3.05, 3.63) is 28.3 Å². The number of amides is 2. The summed E-state index contributed by atoms with van der Waals surface area (Å²) >= 11 is 6.20. The van der Waals surface area contributed by atoms with Crippen LogP contribution in [0.1, 0.15) is 50.2 Å². The molecule has 1 unspecified atom stereocenters. The molecule has 1 aliphatic heterocycles. The van der Waals surface area contributed by atoms with Gasteiger partial charge in [0.1, 0.15) is 6.42 Å². The summed E-state index contributed by atoms with van der Waals surface area (Å²) in [5.74, 6) is -0.390. The van der Waals surface area contributed by atoms with Crippen molar-refractivity contribution in [1.82, 2.24) is 4.90 Å². The summed E-state index contributed by atoms with van der Waals surface area (Å²) in [5, 5.41) is 3.30. The average molecular weight is 337 g/mol. The van der Waals surface area contributed by atoms with E-state index in [0.29, 0.717) is 10.7 Å². The number of halogens is 1. The molecule has 1 fully saturated rings. The van der Waals surface area contributed by atoms with Gasteiger partial charge in [-0.25, -0.2) is 0 Å². The van der Waals surface area contributed by atoms with E-state index in [1.165, 1.54) is 0 Å². The van der Waals surface area contributed by atoms with Crippen molar-refractivity contribution in [2.75, 3.05) is 11.9 Å². The molecule has 2 rings (SSSR count). The third-order valence-corrected chi connectivity index (χ3v) is 4.72. The van der Waals surface area contributed by atoms with Gasteiger partial charge in [0, 0.05) is 12.6 Å². The minimum atomic E-state index is -0.302. The molecule has 0 radical (unpaired) electrons. The van der Waals surface area contributed by atoms with Crippen LogP contribution >= 0.6 is 11.6 Å². The van der Waals surface area contributed by atoms with E-state index in [2.05, 4.69) is 12.2 Å². The van der Waals surface area contributed by atoms with Crippen molar-refractivity contribution in [2.24, 2.45) is 0 Å². The molecule has 0 spiro atoms. The number of aryl methyl sites for hydroxylation is 2. The molecule has 1 aromatic rings. The highest BCUT2D eigenvalue weighted by atomic mass is 35.5. The lowest BCUT2D eigenvalue weighted by molar-refractivity contribution is -0.137. The Bertz CT molecular complexity index is 578. The summed E-state index contributed by atoms with van der Waals surface area (Å²) in [6.07, 6.45) is 4.03. The molecule has 4 nitrogen and oxygen atoms in total. The number of hydrogen-bond donors (Lipinski definition) is 1. The minimum Gasteiger partial charge on any atom is -0.339 e. The summed E-state index contributed by atoms with van der Waals surface area (Å²) in [5.41, 5.74) is 2.54. The Balaban J connectivity index is 2.00. The van der Waals surface area contributed by atoms with Gasteiger partial charge >= 0.3 is 0 Å². The second kappa shape index (κ2) is 7.82. The van der Waals surface area contributed by atoms with Crippen molar-refractivity contribution < 1.29 is 9.59 Å². The van der Waals surface area contributed by atoms with Gasteiger partial charge in [-0.05, 0) is 56.7 Å². The maximum absolute atomic E-state index is 12.4. The van der Waals surface area contributed by atoms with Gasteiger partial charge in [-0.15, -0.1) is 0 Å². The quantitative estimate of drug-likeness (QED) is 0.842. The number of benzene rings is 1. The van der Waals surface area contributed by atoms with Crippen LogP contribution in [-0.4, -0.2) is 29.3 Å². The molecule has 0 bridgehead atoms. The minimum absolute atomic E-state index is 0.0880. The molecule has 1 heterocycles. The van der Waals surface area contributed by atoms with Gasteiger partial charge in [-0.2, -0.15) is 0 Å². The summed E-state index contributed by atoms with van der Waals surface area (Å²) in [4.78, 5) is 26.5. The number of carbonyl (C=O) groups excluding carboxylic acids is 2. The first-order chi connectivity index (χ1) is 10.9. The third kappa shape index (κ3) is 4.47. The van der Waals surface area contributed by atoms with Gasteiger partial charge in [0.25, 0.3) is 0 Å². The molecule has 5 heteroatoms. The van der Waals surface area contributed by atoms with Crippen molar-refractivity contribution in [2.45, 2.75) is 58.9 Å². The van der Waals surface area contributed by atoms with E-state index >= 15 is 0 Å². The molecule has 1 N–H and O–H groups in total. The summed E-state index contributed by atoms with van der Waals surface area (Å²) in [6.45, 7) is 6.70. The topological polar surface area (TPSA) is 49.4 Å². The van der Waals surface area contributed by atoms with E-state index in [4.69, 9.17) is 11.6 Å². The van der Waals surface area contributed by atoms with Crippen molar-refractivity contribution in [1.29, 1.82) is 0 Å². The van der Waals surface area contributed by atoms with Gasteiger partial charge in [0.2, 0.25) is 11.8 Å². The van der Waals surface area contributed by atoms with E-state index in [1.54, 1.807) is 0 Å². The second-order valence-corrected chi connectivity index (χ2v) is 6.72. The number of anilines is 1. The molecule has 2 amide bonds. The van der Waals surface area contributed by atoms with E-state index in [-0.39, 0.29) is 24.3 Å². The molecule has 0 saturated carbocycles. The Morgan fingerprint density at radius 1 is 1.30 bits per heavy atom. The smallest absolute Gasteiger partial charge is 0.233 e. The molecule has 1 atom stereocenters. The van der Waals surface area contributed by atoms with Crippen molar-refractivity contribution in [3.63, 3.8) is 0 Å². The number of piperidine rings is 1. The van der Waals surface area contributed by atoms with Crippen molar-refractivity contribution in [3.8, 4) is 0 Å². The number of likely N-dealkylation sites (tertiary alicyclic amines) is 1. The van der Waals surface area contributed by atoms with Crippen LogP contribution in [0.2, 0.25) is 5.02 Å². The fraction of sp³-hybridized carbons (Fsp3) is 0.556. The summed E-state index contributed by atoms with van der Waals surface area (Å²) < 4.78 is 0. The first-order valence-corrected chi connectivity index (χ1v) is 8.66. The van der Waals surface area contributed by atoms with Crippen LogP contribution in [0.4, 0.5) is 5.69 Å². The van der Waals surface area contributed by atoms with Crippen LogP contribution in [0, 0.1) is 13.8 Å². The van der Waals surface area contributed by atoms with Crippen LogP contribution in [0.25, 0.3) is 0 Å². The fourth-order valence-electron chi connectivity index (χ4n) is 3.25. The molecule has 0 aliphatic carbocycles. The molecule has 1 saturated heterocycles. The molecule has 126 valence electrons. The Labute approximate surface area is 143 Å². The van der Waals surface area contributed by atoms with Crippen LogP contribution in [0.5, 0.6) is 0 Å². The largest absolute Gasteiger partial charge is 0.339 e. The Hall–Kier alpha value is -1.55. The predicted octanol–water partition coefficient (Wildman–Crippen LogP) is 4.08. The summed E-state index contributed by atoms with van der Waals surface area (Å²) in [6, 6.07) is 4.04. The lowest BCUT2D eigenvalue weighted by Crippen LogP contribution is -2.44. The molecule has 23 heavy (non-hydrogen) atoms. The van der Waals surface area contributed by atoms with E-state index in [0.717, 1.165) is 43.4 Å². The van der Waals surface area contributed by atoms with Gasteiger partial charge in [0.15, 0.2) is 0 Å². The molecule has 0 aromatic heterocycles. The highest BCUT2D eigenvalue weighted by Gasteiger charge is 2.26. The van der Waals surface area contributed by atoms with E-state index in [9.17, 15) is 9.59 Å². The Morgan fingerprint density at radius 3 is 2.70 bits per heavy atom. The highest BCUT2D eigenvalue weighted by Crippen LogP contribution is 2.27. The number of nitrogens with zero attached hydrogens (tertiary/aromatic N) is 1. The van der Waals surface area contributed by atoms with Crippen LogP contribution in [-0.2, 0) is 9.59 Å². The monoisotopic (exact) mass is 336 g/mol. The molecule has 1 aromatic carbocycles. The lowest BCUT2D eigenvalue weighted by Gasteiger charge is -2.35. The van der Waals surface area contributed by atoms with E-state index in [1.807, 2.05) is 30.9 Å². The van der Waals surface area contributed by atoms with Gasteiger partial charge in [0.05, 0.1) is 10.7 Å². The number of rotatable bonds is 4. The zero-order valence-electron chi connectivity index (χ0n) is 14.1. The van der Waals surface area contributed by atoms with Gasteiger partial charge < -0.3 is 10.2 Å². The number of hydrogen-bond acceptors (Lipinski definition) is 2. The lowest BCUT2D eigenvalue weighted by atomic mass is 9.99. The SMILES string of the molecule is CCC1CCCCN1C(=O)CC(=O)Nc1c(C)cc(C)cc1Cl. The van der Waals surface area contributed by atoms with Crippen LogP contribution < -0.4 is 5.32 Å². The highest BCUT2D eigenvalue weighted by molar-refractivity contribution is 6.34. The predicted molar refractivity (Wildman–Crippen MR) is 93.8 cm³/mol. The fourth-order valence-corrected chi connectivity index (χ4v) is 3.62. The third-order valence-electron chi connectivity index (χ3n) is 4.43. The number of nitrogens with one attached hydrogen (secondary N) is 1. The Kier molecular flexibility index (Phi) is 6.05. The van der Waals surface area contributed by atoms with Crippen LogP contribution in [0.3, 0.4) is 0 Å². The molecule has 1 aliphatic rings. The average Bonchev–Trinajstić information content (AvgIpc) is 2.50. The standard InChI is InChI=1S/C18H25ClN2O2/c1-4-14-7-5-6-8-21(14)17(23)11-16(22)20-18-13(3)9-12(2)10-15(18)19/h9-10,14H,4-8,11H2,1-3H3,(H,20,22). The van der Waals surface area contributed by atoms with Gasteiger partial charge in [-0.1, -0.05) is 24.6 Å². The normalized spacial score (nSPS) is 17.9. The first-order valence-electron chi connectivity index (χ1n) is 8.28. The maximum Gasteiger partial charge on any atom is 0.233 e. The molecular formula is C18H25ClN2O2. The zero-order chi connectivity index (χ0) is 17.0. The zero-order valence-corrected chi connectivity index (χ0v) is 14.9. The maximum atomic E-state index is 12.4. The van der Waals surface area contributed by atoms with E-state index < -0.39 is 0 Å². The Morgan fingerprint density at radius 2 is 2.04 bits per heavy atom. The summed E-state index contributed by atoms with van der Waals surface area (Å²) in [7, 11) is 0.